The Morgan fingerprint density at radius 1 is 1.22 bits per heavy atom. The summed E-state index contributed by atoms with van der Waals surface area (Å²) in [6.45, 7) is 12.1. The van der Waals surface area contributed by atoms with Crippen LogP contribution in [0.15, 0.2) is 35.7 Å². The largest absolute Gasteiger partial charge is 0.507 e. The molecule has 0 spiro atoms. The van der Waals surface area contributed by atoms with Crippen molar-refractivity contribution in [2.45, 2.75) is 65.0 Å². The molecule has 2 aromatic carbocycles. The van der Waals surface area contributed by atoms with E-state index in [9.17, 15) is 14.7 Å². The first kappa shape index (κ1) is 26.1. The fourth-order valence-corrected chi connectivity index (χ4v) is 5.49. The average molecular weight is 511 g/mol. The van der Waals surface area contributed by atoms with Crippen molar-refractivity contribution in [3.8, 4) is 17.2 Å². The summed E-state index contributed by atoms with van der Waals surface area (Å²) >= 11 is 0.838. The van der Waals surface area contributed by atoms with Crippen molar-refractivity contribution in [3.05, 3.63) is 58.0 Å². The molecule has 1 saturated heterocycles. The number of imide groups is 1. The maximum atomic E-state index is 12.4. The van der Waals surface area contributed by atoms with Crippen LogP contribution in [0.1, 0.15) is 48.4 Å². The number of carbonyl (C=O) groups excluding carboxylic acids is 2. The number of amides is 2. The first-order valence-corrected chi connectivity index (χ1v) is 13.0. The van der Waals surface area contributed by atoms with Gasteiger partial charge < -0.3 is 19.9 Å². The fraction of sp³-hybridized carbons (Fsp3) is 0.429. The summed E-state index contributed by atoms with van der Waals surface area (Å²) in [5.41, 5.74) is 3.98. The summed E-state index contributed by atoms with van der Waals surface area (Å²) in [7, 11) is 1.90. The van der Waals surface area contributed by atoms with Crippen LogP contribution in [-0.4, -0.2) is 41.6 Å². The van der Waals surface area contributed by atoms with Gasteiger partial charge in [-0.2, -0.15) is 0 Å². The highest BCUT2D eigenvalue weighted by molar-refractivity contribution is 8.18. The van der Waals surface area contributed by atoms with Crippen molar-refractivity contribution in [3.63, 3.8) is 0 Å². The number of carbonyl (C=O) groups is 2. The van der Waals surface area contributed by atoms with Gasteiger partial charge in [0.1, 0.15) is 29.5 Å². The molecule has 2 N–H and O–H groups in total. The first-order valence-electron chi connectivity index (χ1n) is 12.2. The second-order valence-corrected chi connectivity index (χ2v) is 10.9. The SMILES string of the molecule is C=C1SC(=O)N(c2ccccc2OCC(CCC2(C)CCc3c(C)c(O)c(C)c(C)c3O2)NC)C1=O. The third kappa shape index (κ3) is 4.84. The van der Waals surface area contributed by atoms with Crippen molar-refractivity contribution in [1.82, 2.24) is 5.32 Å². The second kappa shape index (κ2) is 10.2. The summed E-state index contributed by atoms with van der Waals surface area (Å²) in [6, 6.07) is 7.10. The average Bonchev–Trinajstić information content (AvgIpc) is 3.12. The monoisotopic (exact) mass is 510 g/mol. The second-order valence-electron chi connectivity index (χ2n) is 9.82. The number of hydrogen-bond donors (Lipinski definition) is 2. The zero-order valence-electron chi connectivity index (χ0n) is 21.6. The van der Waals surface area contributed by atoms with Gasteiger partial charge in [0.15, 0.2) is 0 Å². The smallest absolute Gasteiger partial charge is 0.298 e. The van der Waals surface area contributed by atoms with Crippen molar-refractivity contribution < 1.29 is 24.2 Å². The van der Waals surface area contributed by atoms with Gasteiger partial charge in [0, 0.05) is 11.6 Å². The fourth-order valence-electron chi connectivity index (χ4n) is 4.83. The Balaban J connectivity index is 1.42. The number of hydrogen-bond acceptors (Lipinski definition) is 7. The molecule has 1 fully saturated rings. The van der Waals surface area contributed by atoms with E-state index >= 15 is 0 Å². The number of thioether (sulfide) groups is 1. The number of phenolic OH excluding ortho intramolecular Hbond substituents is 1. The van der Waals surface area contributed by atoms with E-state index in [1.165, 1.54) is 0 Å². The molecule has 4 rings (SSSR count). The highest BCUT2D eigenvalue weighted by atomic mass is 32.2. The van der Waals surface area contributed by atoms with Gasteiger partial charge in [-0.3, -0.25) is 9.59 Å². The molecular formula is C28H34N2O5S. The van der Waals surface area contributed by atoms with Crippen molar-refractivity contribution >= 4 is 28.6 Å². The zero-order valence-corrected chi connectivity index (χ0v) is 22.4. The van der Waals surface area contributed by atoms with Crippen LogP contribution in [-0.2, 0) is 11.2 Å². The van der Waals surface area contributed by atoms with Gasteiger partial charge >= 0.3 is 0 Å². The molecule has 2 aliphatic rings. The highest BCUT2D eigenvalue weighted by Crippen LogP contribution is 2.44. The van der Waals surface area contributed by atoms with Gasteiger partial charge in [-0.15, -0.1) is 0 Å². The number of fused-ring (bicyclic) bond motifs is 1. The van der Waals surface area contributed by atoms with Crippen LogP contribution >= 0.6 is 11.8 Å². The Morgan fingerprint density at radius 2 is 1.94 bits per heavy atom. The van der Waals surface area contributed by atoms with E-state index in [1.807, 2.05) is 33.9 Å². The molecule has 192 valence electrons. The van der Waals surface area contributed by atoms with Gasteiger partial charge in [0.2, 0.25) is 0 Å². The summed E-state index contributed by atoms with van der Waals surface area (Å²) in [5.74, 6) is 1.33. The van der Waals surface area contributed by atoms with Crippen molar-refractivity contribution in [1.29, 1.82) is 0 Å². The number of rotatable bonds is 8. The molecule has 0 aromatic heterocycles. The molecule has 2 heterocycles. The Morgan fingerprint density at radius 3 is 2.61 bits per heavy atom. The number of nitrogens with one attached hydrogen (secondary N) is 1. The van der Waals surface area contributed by atoms with Gasteiger partial charge in [0.05, 0.1) is 10.6 Å². The van der Waals surface area contributed by atoms with Crippen LogP contribution < -0.4 is 19.7 Å². The Labute approximate surface area is 216 Å². The zero-order chi connectivity index (χ0) is 26.2. The van der Waals surface area contributed by atoms with E-state index in [-0.39, 0.29) is 21.8 Å². The van der Waals surface area contributed by atoms with Crippen molar-refractivity contribution in [2.24, 2.45) is 0 Å². The van der Waals surface area contributed by atoms with E-state index in [0.29, 0.717) is 23.8 Å². The molecule has 2 unspecified atom stereocenters. The number of ether oxygens (including phenoxy) is 2. The lowest BCUT2D eigenvalue weighted by Gasteiger charge is -2.38. The highest BCUT2D eigenvalue weighted by Gasteiger charge is 2.37. The summed E-state index contributed by atoms with van der Waals surface area (Å²) in [6.07, 6.45) is 3.36. The minimum atomic E-state index is -0.414. The predicted molar refractivity (Wildman–Crippen MR) is 143 cm³/mol. The Kier molecular flexibility index (Phi) is 7.38. The molecule has 0 aliphatic carbocycles. The first-order chi connectivity index (χ1) is 17.1. The third-order valence-electron chi connectivity index (χ3n) is 7.40. The topological polar surface area (TPSA) is 88.1 Å². The molecule has 36 heavy (non-hydrogen) atoms. The lowest BCUT2D eigenvalue weighted by molar-refractivity contribution is -0.113. The quantitative estimate of drug-likeness (QED) is 0.450. The summed E-state index contributed by atoms with van der Waals surface area (Å²) in [5, 5.41) is 13.4. The van der Waals surface area contributed by atoms with Crippen LogP contribution in [0.2, 0.25) is 0 Å². The lowest BCUT2D eigenvalue weighted by Crippen LogP contribution is -2.40. The Hall–Kier alpha value is -2.97. The van der Waals surface area contributed by atoms with Gasteiger partial charge in [-0.1, -0.05) is 18.7 Å². The molecule has 7 nitrogen and oxygen atoms in total. The lowest BCUT2D eigenvalue weighted by atomic mass is 9.84. The molecule has 2 aliphatic heterocycles. The van der Waals surface area contributed by atoms with Crippen molar-refractivity contribution in [2.75, 3.05) is 18.6 Å². The molecule has 2 aromatic rings. The third-order valence-corrected chi connectivity index (χ3v) is 8.18. The minimum Gasteiger partial charge on any atom is -0.507 e. The number of nitrogens with zero attached hydrogens (tertiary/aromatic N) is 1. The molecule has 8 heteroatoms. The number of phenols is 1. The number of para-hydroxylation sites is 2. The van der Waals surface area contributed by atoms with Crippen LogP contribution in [0.3, 0.4) is 0 Å². The maximum absolute atomic E-state index is 12.4. The molecule has 2 atom stereocenters. The van der Waals surface area contributed by atoms with E-state index in [2.05, 4.69) is 18.8 Å². The van der Waals surface area contributed by atoms with Crippen LogP contribution in [0.4, 0.5) is 10.5 Å². The summed E-state index contributed by atoms with van der Waals surface area (Å²) in [4.78, 5) is 26.1. The molecule has 2 amide bonds. The number of benzene rings is 2. The molecule has 0 radical (unpaired) electrons. The minimum absolute atomic E-state index is 0.0404. The van der Waals surface area contributed by atoms with Gasteiger partial charge in [-0.05, 0) is 101 Å². The van der Waals surface area contributed by atoms with E-state index in [1.54, 1.807) is 18.2 Å². The van der Waals surface area contributed by atoms with Crippen LogP contribution in [0.5, 0.6) is 17.2 Å². The molecule has 0 bridgehead atoms. The van der Waals surface area contributed by atoms with Gasteiger partial charge in [-0.25, -0.2) is 4.90 Å². The predicted octanol–water partition coefficient (Wildman–Crippen LogP) is 5.56. The van der Waals surface area contributed by atoms with Crippen LogP contribution in [0.25, 0.3) is 0 Å². The Bertz CT molecular complexity index is 1230. The van der Waals surface area contributed by atoms with Gasteiger partial charge in [0.25, 0.3) is 11.1 Å². The van der Waals surface area contributed by atoms with E-state index in [4.69, 9.17) is 9.47 Å². The number of aromatic hydroxyl groups is 1. The maximum Gasteiger partial charge on any atom is 0.298 e. The number of anilines is 1. The molecular weight excluding hydrogens is 476 g/mol. The molecule has 0 saturated carbocycles. The normalized spacial score (nSPS) is 20.4. The number of likely N-dealkylation sites (N-methyl/N-ethyl adjacent to an activating group) is 1. The van der Waals surface area contributed by atoms with Crippen LogP contribution in [0, 0.1) is 20.8 Å². The standard InChI is InChI=1S/C28H34N2O5S/c1-16-17(2)25-21(18(3)24(16)31)12-14-28(5,35-25)13-11-20(29-6)15-34-23-10-8-7-9-22(23)30-26(32)19(4)36-27(30)33/h7-10,20,29,31H,4,11-15H2,1-3,5-6H3. The van der Waals surface area contributed by atoms with E-state index < -0.39 is 5.91 Å². The summed E-state index contributed by atoms with van der Waals surface area (Å²) < 4.78 is 12.7. The van der Waals surface area contributed by atoms with E-state index in [0.717, 1.165) is 70.3 Å².